The molecule has 0 aromatic heterocycles. The predicted molar refractivity (Wildman–Crippen MR) is 116 cm³/mol. The van der Waals surface area contributed by atoms with E-state index in [2.05, 4.69) is 17.9 Å². The number of nitrogens with zero attached hydrogens (tertiary/aromatic N) is 2. The van der Waals surface area contributed by atoms with Crippen LogP contribution in [-0.4, -0.2) is 42.8 Å². The fraction of sp³-hybridized carbons (Fsp3) is 0.440. The number of benzene rings is 2. The highest BCUT2D eigenvalue weighted by Gasteiger charge is 2.45. The summed E-state index contributed by atoms with van der Waals surface area (Å²) in [6, 6.07) is 14.0. The Kier molecular flexibility index (Phi) is 5.74. The second-order valence-electron chi connectivity index (χ2n) is 8.65. The molecule has 0 bridgehead atoms. The molecular weight excluding hydrogens is 379 g/mol. The van der Waals surface area contributed by atoms with Crippen LogP contribution < -0.4 is 4.90 Å². The maximum atomic E-state index is 13.1. The molecule has 1 atom stereocenters. The maximum Gasteiger partial charge on any atom is 0.237 e. The van der Waals surface area contributed by atoms with E-state index in [9.17, 15) is 14.0 Å². The number of anilines is 1. The molecule has 158 valence electrons. The SMILES string of the molecule is CCC1(C)C(=O)N(CCN2CCC(C(=O)c3ccc(F)cc3)CC2)c2ccccc21. The second kappa shape index (κ2) is 8.31. The van der Waals surface area contributed by atoms with Gasteiger partial charge in [0, 0.05) is 30.3 Å². The smallest absolute Gasteiger partial charge is 0.237 e. The van der Waals surface area contributed by atoms with E-state index >= 15 is 0 Å². The monoisotopic (exact) mass is 408 g/mol. The maximum absolute atomic E-state index is 13.1. The first-order valence-corrected chi connectivity index (χ1v) is 10.9. The molecule has 1 saturated heterocycles. The summed E-state index contributed by atoms with van der Waals surface area (Å²) in [5.41, 5.74) is 2.31. The van der Waals surface area contributed by atoms with Gasteiger partial charge in [-0.25, -0.2) is 4.39 Å². The van der Waals surface area contributed by atoms with Crippen molar-refractivity contribution in [3.8, 4) is 0 Å². The van der Waals surface area contributed by atoms with E-state index in [0.717, 1.165) is 50.1 Å². The minimum atomic E-state index is -0.439. The Balaban J connectivity index is 1.35. The number of hydrogen-bond acceptors (Lipinski definition) is 3. The molecule has 0 radical (unpaired) electrons. The fourth-order valence-corrected chi connectivity index (χ4v) is 4.77. The number of carbonyl (C=O) groups is 2. The van der Waals surface area contributed by atoms with Crippen LogP contribution in [0.4, 0.5) is 10.1 Å². The first kappa shape index (κ1) is 20.7. The molecule has 1 unspecified atom stereocenters. The molecular formula is C25H29FN2O2. The van der Waals surface area contributed by atoms with Crippen LogP contribution in [0.2, 0.25) is 0 Å². The Labute approximate surface area is 177 Å². The topological polar surface area (TPSA) is 40.6 Å². The van der Waals surface area contributed by atoms with Crippen LogP contribution in [0.25, 0.3) is 0 Å². The van der Waals surface area contributed by atoms with Gasteiger partial charge in [-0.3, -0.25) is 9.59 Å². The van der Waals surface area contributed by atoms with Crippen LogP contribution in [0.1, 0.15) is 49.0 Å². The van der Waals surface area contributed by atoms with Crippen molar-refractivity contribution in [3.63, 3.8) is 0 Å². The van der Waals surface area contributed by atoms with Gasteiger partial charge in [-0.15, -0.1) is 0 Å². The summed E-state index contributed by atoms with van der Waals surface area (Å²) in [5, 5.41) is 0. The largest absolute Gasteiger partial charge is 0.310 e. The van der Waals surface area contributed by atoms with E-state index in [1.165, 1.54) is 12.1 Å². The number of likely N-dealkylation sites (tertiary alicyclic amines) is 1. The average Bonchev–Trinajstić information content (AvgIpc) is 3.00. The van der Waals surface area contributed by atoms with Crippen LogP contribution in [0.5, 0.6) is 0 Å². The van der Waals surface area contributed by atoms with E-state index < -0.39 is 5.41 Å². The summed E-state index contributed by atoms with van der Waals surface area (Å²) in [5.74, 6) is -0.0348. The molecule has 0 N–H and O–H groups in total. The molecule has 30 heavy (non-hydrogen) atoms. The number of Topliss-reactive ketones (excluding diaryl/α,β-unsaturated/α-hetero) is 1. The average molecular weight is 409 g/mol. The Morgan fingerprint density at radius 1 is 1.07 bits per heavy atom. The summed E-state index contributed by atoms with van der Waals surface area (Å²) in [6.45, 7) is 7.26. The van der Waals surface area contributed by atoms with Crippen LogP contribution >= 0.6 is 0 Å². The number of piperidine rings is 1. The number of carbonyl (C=O) groups excluding carboxylic acids is 2. The Morgan fingerprint density at radius 2 is 1.73 bits per heavy atom. The van der Waals surface area contributed by atoms with Gasteiger partial charge in [-0.05, 0) is 75.2 Å². The van der Waals surface area contributed by atoms with Gasteiger partial charge < -0.3 is 9.80 Å². The number of ketones is 1. The van der Waals surface area contributed by atoms with Gasteiger partial charge in [0.15, 0.2) is 5.78 Å². The van der Waals surface area contributed by atoms with Gasteiger partial charge in [0.25, 0.3) is 0 Å². The third-order valence-electron chi connectivity index (χ3n) is 6.94. The number of para-hydroxylation sites is 1. The van der Waals surface area contributed by atoms with Gasteiger partial charge in [0.05, 0.1) is 5.41 Å². The molecule has 0 saturated carbocycles. The van der Waals surface area contributed by atoms with Crippen molar-refractivity contribution >= 4 is 17.4 Å². The predicted octanol–water partition coefficient (Wildman–Crippen LogP) is 4.43. The number of rotatable bonds is 6. The van der Waals surface area contributed by atoms with Crippen LogP contribution in [0.15, 0.2) is 48.5 Å². The van der Waals surface area contributed by atoms with E-state index in [0.29, 0.717) is 12.1 Å². The lowest BCUT2D eigenvalue weighted by molar-refractivity contribution is -0.122. The minimum absolute atomic E-state index is 0.00996. The van der Waals surface area contributed by atoms with Crippen molar-refractivity contribution < 1.29 is 14.0 Å². The standard InChI is InChI=1S/C25H29FN2O2/c1-3-25(2)21-6-4-5-7-22(21)28(24(25)30)17-16-27-14-12-19(13-15-27)23(29)18-8-10-20(26)11-9-18/h4-11,19H,3,12-17H2,1-2H3. The molecule has 4 rings (SSSR count). The molecule has 0 spiro atoms. The molecule has 0 aliphatic carbocycles. The van der Waals surface area contributed by atoms with Crippen molar-refractivity contribution in [1.29, 1.82) is 0 Å². The minimum Gasteiger partial charge on any atom is -0.310 e. The number of fused-ring (bicyclic) bond motifs is 1. The van der Waals surface area contributed by atoms with Crippen LogP contribution in [0.3, 0.4) is 0 Å². The lowest BCUT2D eigenvalue weighted by Crippen LogP contribution is -2.44. The highest BCUT2D eigenvalue weighted by molar-refractivity contribution is 6.07. The number of amides is 1. The summed E-state index contributed by atoms with van der Waals surface area (Å²) in [6.07, 6.45) is 2.39. The summed E-state index contributed by atoms with van der Waals surface area (Å²) < 4.78 is 13.1. The summed E-state index contributed by atoms with van der Waals surface area (Å²) in [4.78, 5) is 30.1. The van der Waals surface area contributed by atoms with Crippen molar-refractivity contribution in [3.05, 3.63) is 65.5 Å². The first-order valence-electron chi connectivity index (χ1n) is 10.9. The Morgan fingerprint density at radius 3 is 2.40 bits per heavy atom. The molecule has 2 aliphatic rings. The quantitative estimate of drug-likeness (QED) is 0.664. The lowest BCUT2D eigenvalue weighted by atomic mass is 9.81. The van der Waals surface area contributed by atoms with Crippen LogP contribution in [0, 0.1) is 11.7 Å². The van der Waals surface area contributed by atoms with E-state index in [1.807, 2.05) is 30.0 Å². The molecule has 2 aliphatic heterocycles. The van der Waals surface area contributed by atoms with Crippen molar-refractivity contribution in [2.24, 2.45) is 5.92 Å². The van der Waals surface area contributed by atoms with Crippen LogP contribution in [-0.2, 0) is 10.2 Å². The molecule has 2 heterocycles. The van der Waals surface area contributed by atoms with Gasteiger partial charge in [-0.2, -0.15) is 0 Å². The van der Waals surface area contributed by atoms with E-state index in [-0.39, 0.29) is 23.4 Å². The molecule has 2 aromatic rings. The Hall–Kier alpha value is -2.53. The highest BCUT2D eigenvalue weighted by Crippen LogP contribution is 2.43. The molecule has 4 nitrogen and oxygen atoms in total. The molecule has 2 aromatic carbocycles. The van der Waals surface area contributed by atoms with Crippen molar-refractivity contribution in [2.75, 3.05) is 31.1 Å². The van der Waals surface area contributed by atoms with Gasteiger partial charge in [0.2, 0.25) is 5.91 Å². The molecule has 5 heteroatoms. The summed E-state index contributed by atoms with van der Waals surface area (Å²) in [7, 11) is 0. The lowest BCUT2D eigenvalue weighted by Gasteiger charge is -2.32. The second-order valence-corrected chi connectivity index (χ2v) is 8.65. The van der Waals surface area contributed by atoms with Gasteiger partial charge in [0.1, 0.15) is 5.82 Å². The highest BCUT2D eigenvalue weighted by atomic mass is 19.1. The third-order valence-corrected chi connectivity index (χ3v) is 6.94. The molecule has 1 fully saturated rings. The fourth-order valence-electron chi connectivity index (χ4n) is 4.77. The zero-order valence-corrected chi connectivity index (χ0v) is 17.7. The van der Waals surface area contributed by atoms with Crippen molar-refractivity contribution in [2.45, 2.75) is 38.5 Å². The number of hydrogen-bond donors (Lipinski definition) is 0. The van der Waals surface area contributed by atoms with Crippen molar-refractivity contribution in [1.82, 2.24) is 4.90 Å². The van der Waals surface area contributed by atoms with E-state index in [4.69, 9.17) is 0 Å². The third kappa shape index (κ3) is 3.67. The number of halogens is 1. The van der Waals surface area contributed by atoms with E-state index in [1.54, 1.807) is 12.1 Å². The zero-order valence-electron chi connectivity index (χ0n) is 17.7. The van der Waals surface area contributed by atoms with Gasteiger partial charge >= 0.3 is 0 Å². The Bertz CT molecular complexity index is 934. The normalized spacial score (nSPS) is 22.4. The molecule has 1 amide bonds. The summed E-state index contributed by atoms with van der Waals surface area (Å²) >= 11 is 0. The van der Waals surface area contributed by atoms with Gasteiger partial charge in [-0.1, -0.05) is 25.1 Å². The zero-order chi connectivity index (χ0) is 21.3. The first-order chi connectivity index (χ1) is 14.4.